The van der Waals surface area contributed by atoms with E-state index in [-0.39, 0.29) is 11.3 Å². The summed E-state index contributed by atoms with van der Waals surface area (Å²) in [6.45, 7) is 0. The number of rotatable bonds is 7. The zero-order valence-electron chi connectivity index (χ0n) is 17.3. The first-order valence-electron chi connectivity index (χ1n) is 9.04. The molecule has 0 saturated carbocycles. The van der Waals surface area contributed by atoms with E-state index in [9.17, 15) is 14.4 Å². The summed E-state index contributed by atoms with van der Waals surface area (Å²) in [6.07, 6.45) is 1.07. The molecule has 162 valence electrons. The zero-order chi connectivity index (χ0) is 22.5. The average molecular weight is 427 g/mol. The molecule has 0 aliphatic rings. The zero-order valence-corrected chi connectivity index (χ0v) is 17.3. The molecule has 0 saturated heterocycles. The van der Waals surface area contributed by atoms with E-state index >= 15 is 0 Å². The molecule has 1 aromatic heterocycles. The van der Waals surface area contributed by atoms with Crippen LogP contribution in [0.15, 0.2) is 52.2 Å². The summed E-state index contributed by atoms with van der Waals surface area (Å²) in [6, 6.07) is 9.28. The highest BCUT2D eigenvalue weighted by molar-refractivity contribution is 6.04. The summed E-state index contributed by atoms with van der Waals surface area (Å²) in [5, 5.41) is 2.61. The van der Waals surface area contributed by atoms with E-state index in [0.29, 0.717) is 28.7 Å². The van der Waals surface area contributed by atoms with E-state index in [0.717, 1.165) is 10.8 Å². The van der Waals surface area contributed by atoms with Crippen molar-refractivity contribution in [3.8, 4) is 28.7 Å². The van der Waals surface area contributed by atoms with Crippen molar-refractivity contribution >= 4 is 11.6 Å². The van der Waals surface area contributed by atoms with Gasteiger partial charge in [0.25, 0.3) is 11.5 Å². The van der Waals surface area contributed by atoms with Gasteiger partial charge in [-0.05, 0) is 24.3 Å². The van der Waals surface area contributed by atoms with Crippen LogP contribution in [0.3, 0.4) is 0 Å². The molecule has 10 nitrogen and oxygen atoms in total. The van der Waals surface area contributed by atoms with Crippen molar-refractivity contribution in [2.24, 2.45) is 0 Å². The van der Waals surface area contributed by atoms with Crippen LogP contribution in [-0.2, 0) is 0 Å². The number of nitrogens with one attached hydrogen (secondary N) is 2. The molecule has 2 N–H and O–H groups in total. The largest absolute Gasteiger partial charge is 0.493 e. The molecule has 3 rings (SSSR count). The predicted octanol–water partition coefficient (Wildman–Crippen LogP) is 1.81. The second kappa shape index (κ2) is 9.08. The van der Waals surface area contributed by atoms with Crippen molar-refractivity contribution in [1.82, 2.24) is 9.55 Å². The van der Waals surface area contributed by atoms with Gasteiger partial charge in [0.2, 0.25) is 0 Å². The maximum absolute atomic E-state index is 13.0. The number of aromatic nitrogens is 2. The summed E-state index contributed by atoms with van der Waals surface area (Å²) in [4.78, 5) is 40.5. The molecular formula is C21H21N3O7. The van der Waals surface area contributed by atoms with Gasteiger partial charge in [-0.25, -0.2) is 9.36 Å². The fraction of sp³-hybridized carbons (Fsp3) is 0.190. The summed E-state index contributed by atoms with van der Waals surface area (Å²) in [7, 11) is 5.86. The van der Waals surface area contributed by atoms with Crippen molar-refractivity contribution < 1.29 is 23.7 Å². The highest BCUT2D eigenvalue weighted by Crippen LogP contribution is 2.30. The van der Waals surface area contributed by atoms with Crippen molar-refractivity contribution in [2.75, 3.05) is 33.8 Å². The summed E-state index contributed by atoms with van der Waals surface area (Å²) >= 11 is 0. The van der Waals surface area contributed by atoms with E-state index in [1.807, 2.05) is 0 Å². The Bertz CT molecular complexity index is 1230. The lowest BCUT2D eigenvalue weighted by atomic mass is 10.2. The number of anilines is 1. The first-order valence-corrected chi connectivity index (χ1v) is 9.04. The van der Waals surface area contributed by atoms with Crippen LogP contribution in [-0.4, -0.2) is 43.9 Å². The standard InChI is InChI=1S/C21H21N3O7/c1-28-15-7-5-12(9-17(15)30-3)23-19(25)14-11-22-21(27)24(20(14)26)13-6-8-16(29-2)18(10-13)31-4/h5-11H,1-4H3,(H,22,27)(H,23,25). The number of carbonyl (C=O) groups excluding carboxylic acids is 1. The van der Waals surface area contributed by atoms with Crippen molar-refractivity contribution in [1.29, 1.82) is 0 Å². The van der Waals surface area contributed by atoms with E-state index in [2.05, 4.69) is 10.3 Å². The molecule has 0 radical (unpaired) electrons. The number of carbonyl (C=O) groups is 1. The van der Waals surface area contributed by atoms with Gasteiger partial charge < -0.3 is 29.2 Å². The first-order chi connectivity index (χ1) is 14.9. The molecule has 3 aromatic rings. The van der Waals surface area contributed by atoms with Crippen LogP contribution in [0, 0.1) is 0 Å². The minimum Gasteiger partial charge on any atom is -0.493 e. The quantitative estimate of drug-likeness (QED) is 0.590. The molecule has 0 unspecified atom stereocenters. The highest BCUT2D eigenvalue weighted by Gasteiger charge is 2.18. The fourth-order valence-electron chi connectivity index (χ4n) is 2.95. The molecule has 1 amide bonds. The van der Waals surface area contributed by atoms with Gasteiger partial charge in [-0.15, -0.1) is 0 Å². The number of methoxy groups -OCH3 is 4. The van der Waals surface area contributed by atoms with Crippen LogP contribution < -0.4 is 35.5 Å². The Hall–Kier alpha value is -4.21. The SMILES string of the molecule is COc1ccc(NC(=O)c2c[nH]c(=O)n(-c3ccc(OC)c(OC)c3)c2=O)cc1OC. The third kappa shape index (κ3) is 4.22. The molecule has 31 heavy (non-hydrogen) atoms. The van der Waals surface area contributed by atoms with Crippen molar-refractivity contribution in [3.63, 3.8) is 0 Å². The number of ether oxygens (including phenoxy) is 4. The Morgan fingerprint density at radius 3 is 2.03 bits per heavy atom. The molecule has 0 bridgehead atoms. The number of H-pyrrole nitrogens is 1. The minimum absolute atomic E-state index is 0.213. The number of amides is 1. The highest BCUT2D eigenvalue weighted by atomic mass is 16.5. The second-order valence-corrected chi connectivity index (χ2v) is 6.21. The Morgan fingerprint density at radius 1 is 0.839 bits per heavy atom. The lowest BCUT2D eigenvalue weighted by Gasteiger charge is -2.12. The van der Waals surface area contributed by atoms with Crippen LogP contribution in [0.1, 0.15) is 10.4 Å². The topological polar surface area (TPSA) is 121 Å². The van der Waals surface area contributed by atoms with Crippen LogP contribution in [0.25, 0.3) is 5.69 Å². The number of hydrogen-bond acceptors (Lipinski definition) is 7. The van der Waals surface area contributed by atoms with Gasteiger partial charge in [-0.1, -0.05) is 0 Å². The van der Waals surface area contributed by atoms with E-state index in [1.165, 1.54) is 40.6 Å². The van der Waals surface area contributed by atoms with Crippen LogP contribution in [0.2, 0.25) is 0 Å². The van der Waals surface area contributed by atoms with Gasteiger partial charge in [0.15, 0.2) is 23.0 Å². The normalized spacial score (nSPS) is 10.3. The smallest absolute Gasteiger partial charge is 0.333 e. The maximum Gasteiger partial charge on any atom is 0.333 e. The van der Waals surface area contributed by atoms with E-state index in [4.69, 9.17) is 18.9 Å². The summed E-state index contributed by atoms with van der Waals surface area (Å²) < 4.78 is 21.6. The third-order valence-corrected chi connectivity index (χ3v) is 4.49. The Kier molecular flexibility index (Phi) is 6.29. The molecule has 0 atom stereocenters. The lowest BCUT2D eigenvalue weighted by molar-refractivity contribution is 0.102. The van der Waals surface area contributed by atoms with E-state index in [1.54, 1.807) is 24.3 Å². The number of nitrogens with zero attached hydrogens (tertiary/aromatic N) is 1. The fourth-order valence-corrected chi connectivity index (χ4v) is 2.95. The lowest BCUT2D eigenvalue weighted by Crippen LogP contribution is -2.38. The van der Waals surface area contributed by atoms with E-state index < -0.39 is 17.2 Å². The van der Waals surface area contributed by atoms with Crippen LogP contribution in [0.4, 0.5) is 5.69 Å². The Morgan fingerprint density at radius 2 is 1.42 bits per heavy atom. The van der Waals surface area contributed by atoms with Gasteiger partial charge in [-0.3, -0.25) is 9.59 Å². The molecule has 2 aromatic carbocycles. The minimum atomic E-state index is -0.797. The second-order valence-electron chi connectivity index (χ2n) is 6.21. The van der Waals surface area contributed by atoms with Gasteiger partial charge in [-0.2, -0.15) is 0 Å². The molecule has 0 spiro atoms. The molecule has 10 heteroatoms. The third-order valence-electron chi connectivity index (χ3n) is 4.49. The van der Waals surface area contributed by atoms with Gasteiger partial charge in [0.1, 0.15) is 5.56 Å². The monoisotopic (exact) mass is 427 g/mol. The molecule has 0 aliphatic carbocycles. The average Bonchev–Trinajstić information content (AvgIpc) is 2.78. The predicted molar refractivity (Wildman–Crippen MR) is 113 cm³/mol. The number of aromatic amines is 1. The van der Waals surface area contributed by atoms with Gasteiger partial charge >= 0.3 is 5.69 Å². The van der Waals surface area contributed by atoms with Gasteiger partial charge in [0.05, 0.1) is 34.1 Å². The number of hydrogen-bond donors (Lipinski definition) is 2. The van der Waals surface area contributed by atoms with Gasteiger partial charge in [0, 0.05) is 24.0 Å². The van der Waals surface area contributed by atoms with Crippen LogP contribution in [0.5, 0.6) is 23.0 Å². The van der Waals surface area contributed by atoms with Crippen molar-refractivity contribution in [2.45, 2.75) is 0 Å². The van der Waals surface area contributed by atoms with Crippen molar-refractivity contribution in [3.05, 3.63) is 69.0 Å². The molecule has 0 aliphatic heterocycles. The first kappa shape index (κ1) is 21.5. The Labute approximate surface area is 177 Å². The molecule has 0 fully saturated rings. The maximum atomic E-state index is 13.0. The summed E-state index contributed by atoms with van der Waals surface area (Å²) in [5.74, 6) is 0.942. The number of benzene rings is 2. The molecular weight excluding hydrogens is 406 g/mol. The molecule has 1 heterocycles. The summed E-state index contributed by atoms with van der Waals surface area (Å²) in [5.41, 5.74) is -1.17. The van der Waals surface area contributed by atoms with Crippen LogP contribution >= 0.6 is 0 Å². The Balaban J connectivity index is 2.00.